The molecule has 0 fully saturated rings. The summed E-state index contributed by atoms with van der Waals surface area (Å²) in [4.78, 5) is 29.0. The molecule has 17 heavy (non-hydrogen) atoms. The molecule has 0 spiro atoms. The number of carbonyl (C=O) groups excluding carboxylic acids is 1. The van der Waals surface area contributed by atoms with Crippen LogP contribution in [-0.2, 0) is 9.59 Å². The molecule has 0 radical (unpaired) electrons. The Balaban J connectivity index is 2.39. The molecule has 3 N–H and O–H groups in total. The minimum atomic E-state index is -1.10. The Bertz CT molecular complexity index is 410. The number of nitrogens with one attached hydrogen (secondary N) is 2. The first-order valence-electron chi connectivity index (χ1n) is 4.70. The number of methoxy groups -OCH3 is 1. The first kappa shape index (κ1) is 12.7. The van der Waals surface area contributed by atoms with Gasteiger partial charge in [-0.1, -0.05) is 0 Å². The fourth-order valence-corrected chi connectivity index (χ4v) is 0.955. The molecule has 0 aliphatic carbocycles. The molecule has 8 nitrogen and oxygen atoms in total. The summed E-state index contributed by atoms with van der Waals surface area (Å²) in [5, 5.41) is 13.3. The van der Waals surface area contributed by atoms with Crippen LogP contribution in [0.15, 0.2) is 12.4 Å². The number of rotatable bonds is 6. The quantitative estimate of drug-likeness (QED) is 0.590. The fourth-order valence-electron chi connectivity index (χ4n) is 0.955. The van der Waals surface area contributed by atoms with Crippen LogP contribution in [0.25, 0.3) is 0 Å². The van der Waals surface area contributed by atoms with Crippen LogP contribution in [0.2, 0.25) is 0 Å². The van der Waals surface area contributed by atoms with Gasteiger partial charge in [-0.05, 0) is 0 Å². The highest BCUT2D eigenvalue weighted by molar-refractivity contribution is 5.84. The molecule has 0 saturated heterocycles. The van der Waals surface area contributed by atoms with Gasteiger partial charge in [0.1, 0.15) is 18.7 Å². The van der Waals surface area contributed by atoms with Gasteiger partial charge >= 0.3 is 5.97 Å². The second-order valence-corrected chi connectivity index (χ2v) is 2.97. The first-order valence-corrected chi connectivity index (χ1v) is 4.70. The topological polar surface area (TPSA) is 113 Å². The molecule has 1 heterocycles. The van der Waals surface area contributed by atoms with Crippen LogP contribution < -0.4 is 15.4 Å². The molecule has 1 aromatic heterocycles. The van der Waals surface area contributed by atoms with E-state index in [1.807, 2.05) is 0 Å². The van der Waals surface area contributed by atoms with Gasteiger partial charge in [0.05, 0.1) is 13.7 Å². The highest BCUT2D eigenvalue weighted by atomic mass is 16.5. The minimum absolute atomic E-state index is 0.0759. The number of hydrogen-bond acceptors (Lipinski definition) is 6. The van der Waals surface area contributed by atoms with Gasteiger partial charge in [-0.25, -0.2) is 9.97 Å². The number of anilines is 1. The molecule has 0 aromatic carbocycles. The lowest BCUT2D eigenvalue weighted by molar-refractivity contribution is -0.137. The van der Waals surface area contributed by atoms with Crippen LogP contribution in [0.3, 0.4) is 0 Å². The van der Waals surface area contributed by atoms with Gasteiger partial charge in [0.15, 0.2) is 0 Å². The molecular formula is C9H12N4O4. The second-order valence-electron chi connectivity index (χ2n) is 2.97. The number of nitrogens with zero attached hydrogens (tertiary/aromatic N) is 2. The van der Waals surface area contributed by atoms with Gasteiger partial charge in [0.25, 0.3) is 0 Å². The average molecular weight is 240 g/mol. The molecule has 0 bridgehead atoms. The molecule has 0 aliphatic rings. The van der Waals surface area contributed by atoms with Crippen molar-refractivity contribution in [1.29, 1.82) is 0 Å². The van der Waals surface area contributed by atoms with Crippen molar-refractivity contribution in [2.75, 3.05) is 25.5 Å². The lowest BCUT2D eigenvalue weighted by Gasteiger charge is -2.06. The summed E-state index contributed by atoms with van der Waals surface area (Å²) in [6.45, 7) is -0.485. The summed E-state index contributed by atoms with van der Waals surface area (Å²) in [5.74, 6) is -0.747. The van der Waals surface area contributed by atoms with Crippen molar-refractivity contribution < 1.29 is 19.4 Å². The van der Waals surface area contributed by atoms with Crippen LogP contribution in [0.4, 0.5) is 5.82 Å². The Morgan fingerprint density at radius 2 is 2.18 bits per heavy atom. The highest BCUT2D eigenvalue weighted by Gasteiger charge is 2.04. The normalized spacial score (nSPS) is 9.47. The van der Waals surface area contributed by atoms with Gasteiger partial charge in [-0.15, -0.1) is 0 Å². The average Bonchev–Trinajstić information content (AvgIpc) is 2.34. The smallest absolute Gasteiger partial charge is 0.322 e. The van der Waals surface area contributed by atoms with Gasteiger partial charge in [-0.2, -0.15) is 0 Å². The highest BCUT2D eigenvalue weighted by Crippen LogP contribution is 2.09. The standard InChI is InChI=1S/C9H12N4O4/c1-17-8-2-6(12-5-13-8)10-3-7(14)11-4-9(15)16/h2,5H,3-4H2,1H3,(H,11,14)(H,15,16)(H,10,12,13). The fraction of sp³-hybridized carbons (Fsp3) is 0.333. The predicted molar refractivity (Wildman–Crippen MR) is 57.7 cm³/mol. The van der Waals surface area contributed by atoms with Crippen molar-refractivity contribution in [3.63, 3.8) is 0 Å². The van der Waals surface area contributed by atoms with E-state index in [9.17, 15) is 9.59 Å². The van der Waals surface area contributed by atoms with Crippen LogP contribution in [0.5, 0.6) is 5.88 Å². The SMILES string of the molecule is COc1cc(NCC(=O)NCC(=O)O)ncn1. The zero-order chi connectivity index (χ0) is 12.7. The van der Waals surface area contributed by atoms with Crippen LogP contribution in [0, 0.1) is 0 Å². The predicted octanol–water partition coefficient (Wildman–Crippen LogP) is -0.902. The van der Waals surface area contributed by atoms with Gasteiger partial charge < -0.3 is 20.5 Å². The summed E-state index contributed by atoms with van der Waals surface area (Å²) in [6.07, 6.45) is 1.29. The van der Waals surface area contributed by atoms with Crippen molar-refractivity contribution >= 4 is 17.7 Å². The number of carboxylic acid groups (broad SMARTS) is 1. The molecule has 0 saturated carbocycles. The molecular weight excluding hydrogens is 228 g/mol. The molecule has 92 valence electrons. The van der Waals surface area contributed by atoms with E-state index in [-0.39, 0.29) is 6.54 Å². The van der Waals surface area contributed by atoms with Crippen molar-refractivity contribution in [2.24, 2.45) is 0 Å². The zero-order valence-electron chi connectivity index (χ0n) is 9.14. The second kappa shape index (κ2) is 6.26. The van der Waals surface area contributed by atoms with E-state index in [1.165, 1.54) is 19.5 Å². The van der Waals surface area contributed by atoms with Crippen molar-refractivity contribution in [2.45, 2.75) is 0 Å². The number of hydrogen-bond donors (Lipinski definition) is 3. The third-order valence-corrected chi connectivity index (χ3v) is 1.72. The zero-order valence-corrected chi connectivity index (χ0v) is 9.14. The number of aromatic nitrogens is 2. The minimum Gasteiger partial charge on any atom is -0.481 e. The molecule has 0 aliphatic heterocycles. The van der Waals surface area contributed by atoms with Crippen molar-refractivity contribution in [1.82, 2.24) is 15.3 Å². The van der Waals surface area contributed by atoms with E-state index in [0.717, 1.165) is 0 Å². The largest absolute Gasteiger partial charge is 0.481 e. The summed E-state index contributed by atoms with van der Waals surface area (Å²) >= 11 is 0. The van der Waals surface area contributed by atoms with E-state index in [2.05, 4.69) is 20.6 Å². The lowest BCUT2D eigenvalue weighted by atomic mass is 10.5. The first-order chi connectivity index (χ1) is 8.11. The summed E-state index contributed by atoms with van der Waals surface area (Å²) in [5.41, 5.74) is 0. The number of ether oxygens (including phenoxy) is 1. The summed E-state index contributed by atoms with van der Waals surface area (Å²) in [6, 6.07) is 1.52. The number of amides is 1. The van der Waals surface area contributed by atoms with Crippen molar-refractivity contribution in [3.05, 3.63) is 12.4 Å². The monoisotopic (exact) mass is 240 g/mol. The van der Waals surface area contributed by atoms with Gasteiger partial charge in [0.2, 0.25) is 11.8 Å². The molecule has 8 heteroatoms. The maximum atomic E-state index is 11.2. The maximum Gasteiger partial charge on any atom is 0.322 e. The third kappa shape index (κ3) is 4.78. The number of carboxylic acids is 1. The summed E-state index contributed by atoms with van der Waals surface area (Å²) in [7, 11) is 1.46. The maximum absolute atomic E-state index is 11.2. The third-order valence-electron chi connectivity index (χ3n) is 1.72. The Labute approximate surface area is 97.0 Å². The molecule has 0 atom stereocenters. The van der Waals surface area contributed by atoms with Crippen LogP contribution in [-0.4, -0.2) is 47.2 Å². The van der Waals surface area contributed by atoms with Crippen LogP contribution in [0.1, 0.15) is 0 Å². The Hall–Kier alpha value is -2.38. The number of aliphatic carboxylic acids is 1. The Morgan fingerprint density at radius 3 is 2.82 bits per heavy atom. The molecule has 1 rings (SSSR count). The van der Waals surface area contributed by atoms with E-state index < -0.39 is 18.4 Å². The summed E-state index contributed by atoms with van der Waals surface area (Å²) < 4.78 is 4.87. The molecule has 1 aromatic rings. The number of carbonyl (C=O) groups is 2. The molecule has 1 amide bonds. The van der Waals surface area contributed by atoms with Crippen molar-refractivity contribution in [3.8, 4) is 5.88 Å². The Kier molecular flexibility index (Phi) is 4.67. The van der Waals surface area contributed by atoms with E-state index in [1.54, 1.807) is 0 Å². The van der Waals surface area contributed by atoms with E-state index in [0.29, 0.717) is 11.7 Å². The van der Waals surface area contributed by atoms with E-state index in [4.69, 9.17) is 9.84 Å². The lowest BCUT2D eigenvalue weighted by Crippen LogP contribution is -2.33. The molecule has 0 unspecified atom stereocenters. The van der Waals surface area contributed by atoms with Gasteiger partial charge in [-0.3, -0.25) is 9.59 Å². The van der Waals surface area contributed by atoms with E-state index >= 15 is 0 Å². The van der Waals surface area contributed by atoms with Crippen LogP contribution >= 0.6 is 0 Å². The van der Waals surface area contributed by atoms with Gasteiger partial charge in [0, 0.05) is 6.07 Å². The Morgan fingerprint density at radius 1 is 1.41 bits per heavy atom.